The van der Waals surface area contributed by atoms with Gasteiger partial charge in [-0.3, -0.25) is 4.79 Å². The lowest BCUT2D eigenvalue weighted by molar-refractivity contribution is 0.0730. The minimum absolute atomic E-state index is 0.0249. The molecule has 0 bridgehead atoms. The summed E-state index contributed by atoms with van der Waals surface area (Å²) in [5.74, 6) is -1.86. The average molecular weight is 440 g/mol. The van der Waals surface area contributed by atoms with Crippen LogP contribution in [0, 0.1) is 11.6 Å². The Bertz CT molecular complexity index is 1040. The highest BCUT2D eigenvalue weighted by atomic mass is 32.2. The van der Waals surface area contributed by atoms with Gasteiger partial charge >= 0.3 is 0 Å². The van der Waals surface area contributed by atoms with Gasteiger partial charge < -0.3 is 14.4 Å². The third-order valence-corrected chi connectivity index (χ3v) is 6.67. The quantitative estimate of drug-likeness (QED) is 0.689. The number of carbonyl (C=O) groups excluding carboxylic acids is 1. The minimum atomic E-state index is -3.81. The molecule has 30 heavy (non-hydrogen) atoms. The maximum Gasteiger partial charge on any atom is 0.257 e. The summed E-state index contributed by atoms with van der Waals surface area (Å²) in [4.78, 5) is 14.1. The molecule has 0 N–H and O–H groups in total. The second-order valence-electron chi connectivity index (χ2n) is 6.78. The zero-order valence-corrected chi connectivity index (χ0v) is 17.4. The Kier molecular flexibility index (Phi) is 6.69. The molecule has 7 nitrogen and oxygen atoms in total. The summed E-state index contributed by atoms with van der Waals surface area (Å²) in [7, 11) is -1.01. The molecule has 1 saturated heterocycles. The largest absolute Gasteiger partial charge is 0.496 e. The maximum atomic E-state index is 14.0. The van der Waals surface area contributed by atoms with Crippen molar-refractivity contribution in [1.29, 1.82) is 0 Å². The van der Waals surface area contributed by atoms with Crippen LogP contribution in [0.3, 0.4) is 0 Å². The van der Waals surface area contributed by atoms with E-state index in [9.17, 15) is 22.0 Å². The van der Waals surface area contributed by atoms with Crippen LogP contribution in [0.15, 0.2) is 41.3 Å². The Labute approximate surface area is 173 Å². The molecule has 10 heteroatoms. The first-order chi connectivity index (χ1) is 14.2. The second kappa shape index (κ2) is 9.07. The molecule has 3 rings (SSSR count). The third kappa shape index (κ3) is 4.61. The van der Waals surface area contributed by atoms with Crippen LogP contribution in [-0.2, 0) is 21.3 Å². The molecule has 1 aliphatic heterocycles. The Balaban J connectivity index is 1.89. The van der Waals surface area contributed by atoms with Crippen LogP contribution in [0.2, 0.25) is 0 Å². The van der Waals surface area contributed by atoms with Crippen LogP contribution >= 0.6 is 0 Å². The van der Waals surface area contributed by atoms with Crippen molar-refractivity contribution in [2.24, 2.45) is 0 Å². The fourth-order valence-corrected chi connectivity index (χ4v) is 4.57. The number of methoxy groups -OCH3 is 1. The van der Waals surface area contributed by atoms with Gasteiger partial charge in [-0.25, -0.2) is 17.2 Å². The van der Waals surface area contributed by atoms with Crippen LogP contribution in [0.4, 0.5) is 8.78 Å². The molecule has 0 radical (unpaired) electrons. The number of benzene rings is 2. The van der Waals surface area contributed by atoms with Crippen molar-refractivity contribution in [2.45, 2.75) is 11.4 Å². The number of ether oxygens (including phenoxy) is 2. The third-order valence-electron chi connectivity index (χ3n) is 4.78. The molecule has 0 aliphatic carbocycles. The molecule has 0 unspecified atom stereocenters. The van der Waals surface area contributed by atoms with Crippen molar-refractivity contribution in [3.05, 3.63) is 59.2 Å². The van der Waals surface area contributed by atoms with Crippen LogP contribution < -0.4 is 4.74 Å². The van der Waals surface area contributed by atoms with E-state index in [0.29, 0.717) is 13.2 Å². The zero-order chi connectivity index (χ0) is 21.9. The highest BCUT2D eigenvalue weighted by Crippen LogP contribution is 2.26. The van der Waals surface area contributed by atoms with Gasteiger partial charge in [0.2, 0.25) is 10.0 Å². The van der Waals surface area contributed by atoms with E-state index in [4.69, 9.17) is 9.47 Å². The second-order valence-corrected chi connectivity index (χ2v) is 8.71. The smallest absolute Gasteiger partial charge is 0.257 e. The molecule has 0 atom stereocenters. The van der Waals surface area contributed by atoms with Gasteiger partial charge in [-0.15, -0.1) is 0 Å². The van der Waals surface area contributed by atoms with Crippen LogP contribution in [0.1, 0.15) is 15.9 Å². The standard InChI is InChI=1S/C20H22F2N2O5S/c1-23(13-14-3-4-15(21)11-18(14)22)20(25)17-12-16(5-6-19(17)28-2)30(26,27)24-7-9-29-10-8-24/h3-6,11-12H,7-10,13H2,1-2H3. The molecule has 0 spiro atoms. The first kappa shape index (κ1) is 22.1. The number of hydrogen-bond acceptors (Lipinski definition) is 5. The van der Waals surface area contributed by atoms with E-state index in [0.717, 1.165) is 12.1 Å². The number of morpholine rings is 1. The number of sulfonamides is 1. The highest BCUT2D eigenvalue weighted by molar-refractivity contribution is 7.89. The molecule has 0 saturated carbocycles. The van der Waals surface area contributed by atoms with Gasteiger partial charge in [-0.2, -0.15) is 4.31 Å². The Morgan fingerprint density at radius 3 is 2.50 bits per heavy atom. The first-order valence-corrected chi connectivity index (χ1v) is 10.6. The molecule has 1 aliphatic rings. The van der Waals surface area contributed by atoms with Crippen molar-refractivity contribution in [1.82, 2.24) is 9.21 Å². The molecular weight excluding hydrogens is 418 g/mol. The Morgan fingerprint density at radius 1 is 1.17 bits per heavy atom. The summed E-state index contributed by atoms with van der Waals surface area (Å²) in [6, 6.07) is 7.14. The molecule has 1 fully saturated rings. The lowest BCUT2D eigenvalue weighted by atomic mass is 10.1. The Morgan fingerprint density at radius 2 is 1.87 bits per heavy atom. The van der Waals surface area contributed by atoms with Crippen molar-refractivity contribution in [3.8, 4) is 5.75 Å². The van der Waals surface area contributed by atoms with Crippen molar-refractivity contribution < 1.29 is 31.5 Å². The van der Waals surface area contributed by atoms with Crippen molar-refractivity contribution >= 4 is 15.9 Å². The molecule has 162 valence electrons. The number of hydrogen-bond donors (Lipinski definition) is 0. The predicted molar refractivity (Wildman–Crippen MR) is 105 cm³/mol. The van der Waals surface area contributed by atoms with Gasteiger partial charge in [0.25, 0.3) is 5.91 Å². The summed E-state index contributed by atoms with van der Waals surface area (Å²) in [5, 5.41) is 0. The summed E-state index contributed by atoms with van der Waals surface area (Å²) in [5.41, 5.74) is 0.153. The number of amides is 1. The molecular formula is C20H22F2N2O5S. The van der Waals surface area contributed by atoms with Gasteiger partial charge in [0.1, 0.15) is 17.4 Å². The normalized spacial score (nSPS) is 15.1. The van der Waals surface area contributed by atoms with Gasteiger partial charge in [0, 0.05) is 38.3 Å². The van der Waals surface area contributed by atoms with E-state index < -0.39 is 27.6 Å². The van der Waals surface area contributed by atoms with E-state index >= 15 is 0 Å². The lowest BCUT2D eigenvalue weighted by Gasteiger charge is -2.26. The topological polar surface area (TPSA) is 76.1 Å². The lowest BCUT2D eigenvalue weighted by Crippen LogP contribution is -2.40. The Hall–Kier alpha value is -2.56. The van der Waals surface area contributed by atoms with E-state index in [1.54, 1.807) is 0 Å². The first-order valence-electron chi connectivity index (χ1n) is 9.19. The van der Waals surface area contributed by atoms with Gasteiger partial charge in [-0.05, 0) is 24.3 Å². The maximum absolute atomic E-state index is 14.0. The number of rotatable bonds is 6. The fourth-order valence-electron chi connectivity index (χ4n) is 3.13. The molecule has 1 amide bonds. The summed E-state index contributed by atoms with van der Waals surface area (Å²) >= 11 is 0. The SMILES string of the molecule is COc1ccc(S(=O)(=O)N2CCOCC2)cc1C(=O)N(C)Cc1ccc(F)cc1F. The molecule has 2 aromatic rings. The van der Waals surface area contributed by atoms with E-state index in [1.807, 2.05) is 0 Å². The zero-order valence-electron chi connectivity index (χ0n) is 16.6. The average Bonchev–Trinajstić information content (AvgIpc) is 2.75. The van der Waals surface area contributed by atoms with Gasteiger partial charge in [-0.1, -0.05) is 6.07 Å². The number of halogens is 2. The van der Waals surface area contributed by atoms with E-state index in [-0.39, 0.29) is 41.4 Å². The minimum Gasteiger partial charge on any atom is -0.496 e. The molecule has 1 heterocycles. The summed E-state index contributed by atoms with van der Waals surface area (Å²) < 4.78 is 64.6. The highest BCUT2D eigenvalue weighted by Gasteiger charge is 2.28. The van der Waals surface area contributed by atoms with Crippen molar-refractivity contribution in [2.75, 3.05) is 40.5 Å². The van der Waals surface area contributed by atoms with Gasteiger partial charge in [0.15, 0.2) is 0 Å². The van der Waals surface area contributed by atoms with Crippen LogP contribution in [-0.4, -0.2) is 64.0 Å². The predicted octanol–water partition coefficient (Wildman–Crippen LogP) is 2.27. The summed E-state index contributed by atoms with van der Waals surface area (Å²) in [6.07, 6.45) is 0. The molecule has 0 aromatic heterocycles. The molecule has 2 aromatic carbocycles. The summed E-state index contributed by atoms with van der Waals surface area (Å²) in [6.45, 7) is 0.914. The number of carbonyl (C=O) groups is 1. The fraction of sp³-hybridized carbons (Fsp3) is 0.350. The van der Waals surface area contributed by atoms with E-state index in [2.05, 4.69) is 0 Å². The van der Waals surface area contributed by atoms with Crippen LogP contribution in [0.5, 0.6) is 5.75 Å². The van der Waals surface area contributed by atoms with E-state index in [1.165, 1.54) is 47.6 Å². The van der Waals surface area contributed by atoms with Gasteiger partial charge in [0.05, 0.1) is 30.8 Å². The monoisotopic (exact) mass is 440 g/mol. The van der Waals surface area contributed by atoms with Crippen LogP contribution in [0.25, 0.3) is 0 Å². The van der Waals surface area contributed by atoms with Crippen molar-refractivity contribution in [3.63, 3.8) is 0 Å². The number of nitrogens with zero attached hydrogens (tertiary/aromatic N) is 2.